The number of halogens is 1. The summed E-state index contributed by atoms with van der Waals surface area (Å²) in [7, 11) is 0. The van der Waals surface area contributed by atoms with Gasteiger partial charge in [0, 0.05) is 6.07 Å². The van der Waals surface area contributed by atoms with Gasteiger partial charge < -0.3 is 10.2 Å². The second-order valence-corrected chi connectivity index (χ2v) is 2.15. The minimum atomic E-state index is -0.899. The maximum atomic E-state index is 12.7. The molecule has 1 aromatic rings. The third-order valence-electron chi connectivity index (χ3n) is 1.24. The van der Waals surface area contributed by atoms with Gasteiger partial charge in [-0.25, -0.2) is 4.39 Å². The zero-order valence-corrected chi connectivity index (χ0v) is 6.82. The molecular formula is C7H5FN4O2. The van der Waals surface area contributed by atoms with E-state index < -0.39 is 23.4 Å². The first-order valence-electron chi connectivity index (χ1n) is 3.41. The lowest BCUT2D eigenvalue weighted by Gasteiger charge is -1.98. The maximum Gasteiger partial charge on any atom is 0.296 e. The number of rotatable bonds is 1. The van der Waals surface area contributed by atoms with E-state index in [-0.39, 0.29) is 0 Å². The number of hydrogen-bond acceptors (Lipinski definition) is 4. The van der Waals surface area contributed by atoms with Crippen molar-refractivity contribution >= 4 is 11.9 Å². The number of nitrogens with zero attached hydrogens (tertiary/aromatic N) is 2. The lowest BCUT2D eigenvalue weighted by atomic mass is 10.4. The van der Waals surface area contributed by atoms with Crippen LogP contribution in [0, 0.1) is 17.3 Å². The van der Waals surface area contributed by atoms with Crippen LogP contribution in [0.25, 0.3) is 0 Å². The largest absolute Gasteiger partial charge is 0.456 e. The van der Waals surface area contributed by atoms with Gasteiger partial charge in [-0.05, 0) is 0 Å². The molecule has 0 saturated carbocycles. The minimum absolute atomic E-state index is 0.423. The van der Waals surface area contributed by atoms with Crippen LogP contribution in [0.1, 0.15) is 10.6 Å². The SMILES string of the molecule is N#CN=C(N)NC(=O)c1occc1F. The van der Waals surface area contributed by atoms with Gasteiger partial charge in [0.25, 0.3) is 5.91 Å². The molecule has 0 aliphatic rings. The van der Waals surface area contributed by atoms with Gasteiger partial charge in [-0.3, -0.25) is 10.1 Å². The summed E-state index contributed by atoms with van der Waals surface area (Å²) in [6.45, 7) is 0. The van der Waals surface area contributed by atoms with E-state index in [1.165, 1.54) is 6.19 Å². The lowest BCUT2D eigenvalue weighted by Crippen LogP contribution is -2.36. The van der Waals surface area contributed by atoms with Crippen molar-refractivity contribution in [2.45, 2.75) is 0 Å². The summed E-state index contributed by atoms with van der Waals surface area (Å²) in [5, 5.41) is 10.0. The Morgan fingerprint density at radius 1 is 1.79 bits per heavy atom. The molecule has 0 saturated heterocycles. The first kappa shape index (κ1) is 9.73. The minimum Gasteiger partial charge on any atom is -0.456 e. The van der Waals surface area contributed by atoms with Crippen molar-refractivity contribution in [2.24, 2.45) is 10.7 Å². The molecule has 1 aromatic heterocycles. The molecule has 6 nitrogen and oxygen atoms in total. The fourth-order valence-electron chi connectivity index (χ4n) is 0.711. The molecule has 14 heavy (non-hydrogen) atoms. The van der Waals surface area contributed by atoms with Gasteiger partial charge in [0.15, 0.2) is 5.82 Å². The third kappa shape index (κ3) is 2.07. The summed E-state index contributed by atoms with van der Waals surface area (Å²) in [4.78, 5) is 14.1. The third-order valence-corrected chi connectivity index (χ3v) is 1.24. The highest BCUT2D eigenvalue weighted by Gasteiger charge is 2.15. The van der Waals surface area contributed by atoms with Gasteiger partial charge in [0.1, 0.15) is 0 Å². The number of hydrogen-bond donors (Lipinski definition) is 2. The van der Waals surface area contributed by atoms with Crippen molar-refractivity contribution in [3.05, 3.63) is 23.9 Å². The number of guanidine groups is 1. The molecule has 0 aliphatic carbocycles. The van der Waals surface area contributed by atoms with Crippen molar-refractivity contribution in [2.75, 3.05) is 0 Å². The number of nitrogens with one attached hydrogen (secondary N) is 1. The Bertz CT molecular complexity index is 418. The molecule has 72 valence electrons. The number of aliphatic imine (C=N–C) groups is 1. The molecule has 0 unspecified atom stereocenters. The molecule has 0 spiro atoms. The van der Waals surface area contributed by atoms with Crippen molar-refractivity contribution < 1.29 is 13.6 Å². The van der Waals surface area contributed by atoms with Crippen molar-refractivity contribution in [1.29, 1.82) is 5.26 Å². The van der Waals surface area contributed by atoms with E-state index in [1.807, 2.05) is 5.32 Å². The quantitative estimate of drug-likeness (QED) is 0.373. The first-order valence-corrected chi connectivity index (χ1v) is 3.41. The molecular weight excluding hydrogens is 191 g/mol. The van der Waals surface area contributed by atoms with Crippen LogP contribution in [0.2, 0.25) is 0 Å². The fraction of sp³-hybridized carbons (Fsp3) is 0. The topological polar surface area (TPSA) is 104 Å². The first-order chi connectivity index (χ1) is 6.65. The number of amides is 1. The Hall–Kier alpha value is -2.36. The molecule has 1 amide bonds. The molecule has 3 N–H and O–H groups in total. The van der Waals surface area contributed by atoms with Crippen LogP contribution in [0.15, 0.2) is 21.7 Å². The van der Waals surface area contributed by atoms with E-state index >= 15 is 0 Å². The molecule has 1 rings (SSSR count). The fourth-order valence-corrected chi connectivity index (χ4v) is 0.711. The van der Waals surface area contributed by atoms with E-state index in [2.05, 4.69) is 9.41 Å². The highest BCUT2D eigenvalue weighted by Crippen LogP contribution is 2.06. The highest BCUT2D eigenvalue weighted by molar-refractivity contribution is 6.03. The van der Waals surface area contributed by atoms with Crippen LogP contribution in [0.4, 0.5) is 4.39 Å². The monoisotopic (exact) mass is 196 g/mol. The van der Waals surface area contributed by atoms with E-state index in [4.69, 9.17) is 11.0 Å². The second kappa shape index (κ2) is 4.04. The van der Waals surface area contributed by atoms with E-state index in [0.29, 0.717) is 0 Å². The average Bonchev–Trinajstić information content (AvgIpc) is 2.51. The van der Waals surface area contributed by atoms with E-state index in [9.17, 15) is 9.18 Å². The predicted molar refractivity (Wildman–Crippen MR) is 43.4 cm³/mol. The molecule has 0 aliphatic heterocycles. The van der Waals surface area contributed by atoms with Gasteiger partial charge in [-0.2, -0.15) is 5.26 Å². The zero-order chi connectivity index (χ0) is 10.6. The number of nitriles is 1. The molecule has 0 bridgehead atoms. The zero-order valence-electron chi connectivity index (χ0n) is 6.82. The van der Waals surface area contributed by atoms with Crippen LogP contribution < -0.4 is 11.1 Å². The molecule has 7 heteroatoms. The standard InChI is InChI=1S/C7H5FN4O2/c8-4-1-2-14-5(4)6(13)12-7(10)11-3-9/h1-2H,(H3,10,11,12,13). The van der Waals surface area contributed by atoms with Crippen LogP contribution in [0.3, 0.4) is 0 Å². The number of furan rings is 1. The second-order valence-electron chi connectivity index (χ2n) is 2.15. The number of nitrogens with two attached hydrogens (primary N) is 1. The molecule has 0 fully saturated rings. The summed E-state index contributed by atoms with van der Waals surface area (Å²) >= 11 is 0. The Morgan fingerprint density at radius 2 is 2.50 bits per heavy atom. The summed E-state index contributed by atoms with van der Waals surface area (Å²) in [5.41, 5.74) is 5.07. The summed E-state index contributed by atoms with van der Waals surface area (Å²) in [6.07, 6.45) is 2.37. The molecule has 1 heterocycles. The summed E-state index contributed by atoms with van der Waals surface area (Å²) in [5.74, 6) is -2.65. The summed E-state index contributed by atoms with van der Waals surface area (Å²) < 4.78 is 17.3. The normalized spacial score (nSPS) is 10.7. The predicted octanol–water partition coefficient (Wildman–Crippen LogP) is -0.0557. The molecule has 0 aromatic carbocycles. The van der Waals surface area contributed by atoms with Crippen LogP contribution in [0.5, 0.6) is 0 Å². The highest BCUT2D eigenvalue weighted by atomic mass is 19.1. The van der Waals surface area contributed by atoms with Gasteiger partial charge in [-0.15, -0.1) is 4.99 Å². The van der Waals surface area contributed by atoms with Crippen LogP contribution in [-0.2, 0) is 0 Å². The van der Waals surface area contributed by atoms with Crippen LogP contribution in [-0.4, -0.2) is 11.9 Å². The van der Waals surface area contributed by atoms with Crippen molar-refractivity contribution in [1.82, 2.24) is 5.32 Å². The number of carbonyl (C=O) groups excluding carboxylic acids is 1. The molecule has 0 atom stereocenters. The van der Waals surface area contributed by atoms with Gasteiger partial charge in [0.2, 0.25) is 17.9 Å². The van der Waals surface area contributed by atoms with Gasteiger partial charge in [0.05, 0.1) is 6.26 Å². The Kier molecular flexibility index (Phi) is 2.81. The van der Waals surface area contributed by atoms with Crippen molar-refractivity contribution in [3.8, 4) is 6.19 Å². The molecule has 0 radical (unpaired) electrons. The Labute approximate surface area is 77.8 Å². The maximum absolute atomic E-state index is 12.7. The van der Waals surface area contributed by atoms with Gasteiger partial charge in [-0.1, -0.05) is 0 Å². The van der Waals surface area contributed by atoms with E-state index in [1.54, 1.807) is 0 Å². The van der Waals surface area contributed by atoms with Crippen LogP contribution >= 0.6 is 0 Å². The average molecular weight is 196 g/mol. The van der Waals surface area contributed by atoms with Gasteiger partial charge >= 0.3 is 0 Å². The van der Waals surface area contributed by atoms with E-state index in [0.717, 1.165) is 12.3 Å². The summed E-state index contributed by atoms with van der Waals surface area (Å²) in [6, 6.07) is 0.979. The Balaban J connectivity index is 2.75. The van der Waals surface area contributed by atoms with Crippen molar-refractivity contribution in [3.63, 3.8) is 0 Å². The number of carbonyl (C=O) groups is 1. The lowest BCUT2D eigenvalue weighted by molar-refractivity contribution is 0.0944. The Morgan fingerprint density at radius 3 is 3.00 bits per heavy atom. The smallest absolute Gasteiger partial charge is 0.296 e.